The van der Waals surface area contributed by atoms with E-state index >= 15 is 0 Å². The summed E-state index contributed by atoms with van der Waals surface area (Å²) in [6.45, 7) is 0.290. The molecule has 1 rings (SSSR count). The molecule has 20 heavy (non-hydrogen) atoms. The van der Waals surface area contributed by atoms with E-state index in [2.05, 4.69) is 0 Å². The van der Waals surface area contributed by atoms with Gasteiger partial charge in [-0.1, -0.05) is 6.92 Å². The number of likely N-dealkylation sites (tertiary alicyclic amines) is 1. The minimum Gasteiger partial charge on any atom is -0.480 e. The van der Waals surface area contributed by atoms with Crippen molar-refractivity contribution < 1.29 is 27.9 Å². The molecule has 1 N–H and O–H groups in total. The fourth-order valence-electron chi connectivity index (χ4n) is 2.23. The number of carboxylic acids is 1. The Morgan fingerprint density at radius 1 is 1.30 bits per heavy atom. The zero-order valence-electron chi connectivity index (χ0n) is 11.3. The van der Waals surface area contributed by atoms with Gasteiger partial charge in [0.2, 0.25) is 0 Å². The molecular formula is C12H19F3N2O3. The SMILES string of the molecule is CC1CCCN(C(=O)N(CC(=O)O)CC(F)(F)F)CC1. The summed E-state index contributed by atoms with van der Waals surface area (Å²) in [4.78, 5) is 24.3. The summed E-state index contributed by atoms with van der Waals surface area (Å²) in [5.74, 6) is -1.03. The van der Waals surface area contributed by atoms with E-state index < -0.39 is 31.3 Å². The van der Waals surface area contributed by atoms with Crippen LogP contribution in [0, 0.1) is 5.92 Å². The number of nitrogens with zero attached hydrogens (tertiary/aromatic N) is 2. The van der Waals surface area contributed by atoms with Crippen molar-refractivity contribution in [3.8, 4) is 0 Å². The summed E-state index contributed by atoms with van der Waals surface area (Å²) in [7, 11) is 0. The molecule has 1 aliphatic rings. The summed E-state index contributed by atoms with van der Waals surface area (Å²) < 4.78 is 37.3. The third kappa shape index (κ3) is 5.66. The van der Waals surface area contributed by atoms with E-state index in [1.807, 2.05) is 6.92 Å². The molecule has 116 valence electrons. The van der Waals surface area contributed by atoms with Crippen molar-refractivity contribution in [3.63, 3.8) is 0 Å². The van der Waals surface area contributed by atoms with Crippen molar-refractivity contribution in [2.45, 2.75) is 32.4 Å². The number of hydrogen-bond acceptors (Lipinski definition) is 2. The van der Waals surface area contributed by atoms with Gasteiger partial charge in [0.1, 0.15) is 13.1 Å². The highest BCUT2D eigenvalue weighted by atomic mass is 19.4. The van der Waals surface area contributed by atoms with Crippen molar-refractivity contribution in [1.82, 2.24) is 9.80 Å². The lowest BCUT2D eigenvalue weighted by atomic mass is 10.0. The molecular weight excluding hydrogens is 277 g/mol. The quantitative estimate of drug-likeness (QED) is 0.868. The number of urea groups is 1. The lowest BCUT2D eigenvalue weighted by molar-refractivity contribution is -0.149. The Morgan fingerprint density at radius 2 is 1.95 bits per heavy atom. The molecule has 1 fully saturated rings. The van der Waals surface area contributed by atoms with Gasteiger partial charge >= 0.3 is 18.2 Å². The number of carboxylic acid groups (broad SMARTS) is 1. The molecule has 0 aliphatic carbocycles. The summed E-state index contributed by atoms with van der Waals surface area (Å²) in [5.41, 5.74) is 0. The second-order valence-corrected chi connectivity index (χ2v) is 5.17. The lowest BCUT2D eigenvalue weighted by Crippen LogP contribution is -2.49. The van der Waals surface area contributed by atoms with E-state index in [1.54, 1.807) is 0 Å². The molecule has 0 bridgehead atoms. The molecule has 0 aromatic rings. The smallest absolute Gasteiger partial charge is 0.406 e. The largest absolute Gasteiger partial charge is 0.480 e. The van der Waals surface area contributed by atoms with Crippen molar-refractivity contribution in [2.75, 3.05) is 26.2 Å². The summed E-state index contributed by atoms with van der Waals surface area (Å²) in [6, 6.07) is -0.848. The average Bonchev–Trinajstić information content (AvgIpc) is 2.50. The summed E-state index contributed by atoms with van der Waals surface area (Å²) in [6.07, 6.45) is -2.25. The maximum absolute atomic E-state index is 12.4. The Morgan fingerprint density at radius 3 is 2.50 bits per heavy atom. The molecule has 1 heterocycles. The van der Waals surface area contributed by atoms with Crippen LogP contribution in [0.4, 0.5) is 18.0 Å². The van der Waals surface area contributed by atoms with Gasteiger partial charge < -0.3 is 14.9 Å². The van der Waals surface area contributed by atoms with Crippen LogP contribution in [0.2, 0.25) is 0 Å². The molecule has 8 heteroatoms. The van der Waals surface area contributed by atoms with Crippen LogP contribution in [0.15, 0.2) is 0 Å². The first-order valence-corrected chi connectivity index (χ1v) is 6.51. The van der Waals surface area contributed by atoms with Gasteiger partial charge in [0, 0.05) is 13.1 Å². The normalized spacial score (nSPS) is 20.4. The van der Waals surface area contributed by atoms with Crippen LogP contribution in [0.5, 0.6) is 0 Å². The second kappa shape index (κ2) is 6.81. The Kier molecular flexibility index (Phi) is 5.64. The van der Waals surface area contributed by atoms with Crippen LogP contribution >= 0.6 is 0 Å². The third-order valence-corrected chi connectivity index (χ3v) is 3.25. The van der Waals surface area contributed by atoms with Gasteiger partial charge in [-0.25, -0.2) is 4.79 Å². The molecule has 0 radical (unpaired) electrons. The first-order valence-electron chi connectivity index (χ1n) is 6.51. The van der Waals surface area contributed by atoms with Gasteiger partial charge in [-0.05, 0) is 25.2 Å². The van der Waals surface area contributed by atoms with E-state index in [-0.39, 0.29) is 0 Å². The number of carbonyl (C=O) groups excluding carboxylic acids is 1. The van der Waals surface area contributed by atoms with Crippen molar-refractivity contribution in [3.05, 3.63) is 0 Å². The minimum atomic E-state index is -4.61. The van der Waals surface area contributed by atoms with E-state index in [4.69, 9.17) is 5.11 Å². The van der Waals surface area contributed by atoms with Crippen molar-refractivity contribution >= 4 is 12.0 Å². The molecule has 0 aromatic carbocycles. The van der Waals surface area contributed by atoms with Crippen molar-refractivity contribution in [2.24, 2.45) is 5.92 Å². The molecule has 0 aromatic heterocycles. The lowest BCUT2D eigenvalue weighted by Gasteiger charge is -2.29. The molecule has 5 nitrogen and oxygen atoms in total. The zero-order valence-corrected chi connectivity index (χ0v) is 11.3. The molecule has 0 saturated carbocycles. The van der Waals surface area contributed by atoms with Crippen LogP contribution in [0.25, 0.3) is 0 Å². The molecule has 2 amide bonds. The Balaban J connectivity index is 2.73. The van der Waals surface area contributed by atoms with Crippen LogP contribution in [0.1, 0.15) is 26.2 Å². The van der Waals surface area contributed by atoms with Crippen LogP contribution in [0.3, 0.4) is 0 Å². The van der Waals surface area contributed by atoms with E-state index in [9.17, 15) is 22.8 Å². The highest BCUT2D eigenvalue weighted by molar-refractivity contribution is 5.80. The van der Waals surface area contributed by atoms with Gasteiger partial charge in [-0.2, -0.15) is 13.2 Å². The highest BCUT2D eigenvalue weighted by Crippen LogP contribution is 2.20. The van der Waals surface area contributed by atoms with Gasteiger partial charge in [-0.15, -0.1) is 0 Å². The Hall–Kier alpha value is -1.47. The third-order valence-electron chi connectivity index (χ3n) is 3.25. The number of carbonyl (C=O) groups is 2. The summed E-state index contributed by atoms with van der Waals surface area (Å²) in [5, 5.41) is 8.65. The Bertz CT molecular complexity index is 360. The van der Waals surface area contributed by atoms with Crippen LogP contribution in [-0.4, -0.2) is 59.3 Å². The van der Waals surface area contributed by atoms with Crippen molar-refractivity contribution in [1.29, 1.82) is 0 Å². The monoisotopic (exact) mass is 296 g/mol. The molecule has 0 spiro atoms. The predicted molar refractivity (Wildman–Crippen MR) is 65.2 cm³/mol. The van der Waals surface area contributed by atoms with Gasteiger partial charge in [-0.3, -0.25) is 4.79 Å². The number of halogens is 3. The highest BCUT2D eigenvalue weighted by Gasteiger charge is 2.35. The molecule has 1 saturated heterocycles. The standard InChI is InChI=1S/C12H19F3N2O3/c1-9-3-2-5-16(6-4-9)11(20)17(7-10(18)19)8-12(13,14)15/h9H,2-8H2,1H3,(H,18,19). The van der Waals surface area contributed by atoms with Crippen LogP contribution < -0.4 is 0 Å². The molecule has 1 aliphatic heterocycles. The first kappa shape index (κ1) is 16.6. The van der Waals surface area contributed by atoms with Gasteiger partial charge in [0.05, 0.1) is 0 Å². The van der Waals surface area contributed by atoms with Crippen LogP contribution in [-0.2, 0) is 4.79 Å². The number of rotatable bonds is 3. The molecule has 1 unspecified atom stereocenters. The topological polar surface area (TPSA) is 60.9 Å². The maximum atomic E-state index is 12.4. The maximum Gasteiger partial charge on any atom is 0.406 e. The Labute approximate surface area is 115 Å². The number of hydrogen-bond donors (Lipinski definition) is 1. The summed E-state index contributed by atoms with van der Waals surface area (Å²) >= 11 is 0. The average molecular weight is 296 g/mol. The fraction of sp³-hybridized carbons (Fsp3) is 0.833. The van der Waals surface area contributed by atoms with Gasteiger partial charge in [0.15, 0.2) is 0 Å². The van der Waals surface area contributed by atoms with Gasteiger partial charge in [0.25, 0.3) is 0 Å². The minimum absolute atomic E-state index is 0.346. The fourth-order valence-corrected chi connectivity index (χ4v) is 2.23. The zero-order chi connectivity index (χ0) is 15.3. The number of alkyl halides is 3. The molecule has 1 atom stereocenters. The van der Waals surface area contributed by atoms with E-state index in [0.717, 1.165) is 19.3 Å². The predicted octanol–water partition coefficient (Wildman–Crippen LogP) is 2.18. The van der Waals surface area contributed by atoms with E-state index in [0.29, 0.717) is 23.9 Å². The number of amides is 2. The second-order valence-electron chi connectivity index (χ2n) is 5.17. The number of aliphatic carboxylic acids is 1. The first-order chi connectivity index (χ1) is 9.19. The van der Waals surface area contributed by atoms with E-state index in [1.165, 1.54) is 4.90 Å².